The summed E-state index contributed by atoms with van der Waals surface area (Å²) in [6.45, 7) is 8.96. The lowest BCUT2D eigenvalue weighted by Gasteiger charge is -2.24. The number of fused-ring (bicyclic) bond motifs is 1. The zero-order valence-electron chi connectivity index (χ0n) is 13.1. The minimum absolute atomic E-state index is 0.0137. The second-order valence-corrected chi connectivity index (χ2v) is 6.07. The maximum absolute atomic E-state index is 11.0. The van der Waals surface area contributed by atoms with E-state index in [0.29, 0.717) is 6.61 Å². The van der Waals surface area contributed by atoms with E-state index in [1.54, 1.807) is 0 Å². The van der Waals surface area contributed by atoms with Gasteiger partial charge in [-0.3, -0.25) is 0 Å². The molecule has 0 fully saturated rings. The fourth-order valence-electron chi connectivity index (χ4n) is 3.34. The van der Waals surface area contributed by atoms with Crippen molar-refractivity contribution in [1.82, 2.24) is 0 Å². The van der Waals surface area contributed by atoms with Gasteiger partial charge >= 0.3 is 0 Å². The lowest BCUT2D eigenvalue weighted by Crippen LogP contribution is -2.16. The predicted octanol–water partition coefficient (Wildman–Crippen LogP) is 4.13. The van der Waals surface area contributed by atoms with Gasteiger partial charge in [0.05, 0.1) is 18.6 Å². The summed E-state index contributed by atoms with van der Waals surface area (Å²) >= 11 is 0. The molecule has 2 nitrogen and oxygen atoms in total. The standard InChI is InChI=1S/C19H22O2/c1-11-9-12(2)14(4)18(13(11)3)19(20)16-10-21-17-8-6-5-7-15(16)17/h5-9,16,19-20H,10H2,1-4H3. The van der Waals surface area contributed by atoms with E-state index in [-0.39, 0.29) is 5.92 Å². The first-order chi connectivity index (χ1) is 10.0. The zero-order chi connectivity index (χ0) is 15.1. The van der Waals surface area contributed by atoms with Crippen molar-refractivity contribution in [2.75, 3.05) is 6.61 Å². The molecule has 0 radical (unpaired) electrons. The summed E-state index contributed by atoms with van der Waals surface area (Å²) in [6.07, 6.45) is -0.521. The molecule has 2 unspecified atom stereocenters. The topological polar surface area (TPSA) is 29.5 Å². The second-order valence-electron chi connectivity index (χ2n) is 6.07. The summed E-state index contributed by atoms with van der Waals surface area (Å²) in [6, 6.07) is 10.2. The van der Waals surface area contributed by atoms with Crippen LogP contribution in [0, 0.1) is 27.7 Å². The molecule has 1 heterocycles. The van der Waals surface area contributed by atoms with Crippen LogP contribution in [0.5, 0.6) is 5.75 Å². The summed E-state index contributed by atoms with van der Waals surface area (Å²) in [5.74, 6) is 0.918. The Morgan fingerprint density at radius 1 is 1.05 bits per heavy atom. The maximum Gasteiger partial charge on any atom is 0.123 e. The number of hydrogen-bond acceptors (Lipinski definition) is 2. The van der Waals surface area contributed by atoms with Crippen LogP contribution in [0.2, 0.25) is 0 Å². The number of hydrogen-bond donors (Lipinski definition) is 1. The van der Waals surface area contributed by atoms with Crippen LogP contribution >= 0.6 is 0 Å². The number of aryl methyl sites for hydroxylation is 2. The molecule has 2 aromatic rings. The smallest absolute Gasteiger partial charge is 0.123 e. The number of aliphatic hydroxyl groups excluding tert-OH is 1. The van der Waals surface area contributed by atoms with Crippen molar-refractivity contribution >= 4 is 0 Å². The van der Waals surface area contributed by atoms with Crippen LogP contribution in [-0.2, 0) is 0 Å². The van der Waals surface area contributed by atoms with Crippen LogP contribution in [0.4, 0.5) is 0 Å². The first-order valence-corrected chi connectivity index (χ1v) is 7.47. The lowest BCUT2D eigenvalue weighted by atomic mass is 9.84. The van der Waals surface area contributed by atoms with E-state index in [9.17, 15) is 5.11 Å². The Kier molecular flexibility index (Phi) is 3.50. The third-order valence-corrected chi connectivity index (χ3v) is 4.84. The molecule has 1 aliphatic rings. The van der Waals surface area contributed by atoms with Crippen molar-refractivity contribution < 1.29 is 9.84 Å². The Hall–Kier alpha value is -1.80. The normalized spacial score (nSPS) is 18.2. The molecule has 110 valence electrons. The van der Waals surface area contributed by atoms with Gasteiger partial charge in [-0.05, 0) is 61.6 Å². The lowest BCUT2D eigenvalue weighted by molar-refractivity contribution is 0.129. The monoisotopic (exact) mass is 282 g/mol. The van der Waals surface area contributed by atoms with Gasteiger partial charge in [0.1, 0.15) is 5.75 Å². The highest BCUT2D eigenvalue weighted by Gasteiger charge is 2.32. The number of ether oxygens (including phenoxy) is 1. The van der Waals surface area contributed by atoms with Gasteiger partial charge in [-0.15, -0.1) is 0 Å². The molecule has 0 saturated carbocycles. The van der Waals surface area contributed by atoms with Crippen LogP contribution in [0.1, 0.15) is 45.4 Å². The Morgan fingerprint density at radius 3 is 2.33 bits per heavy atom. The average Bonchev–Trinajstić information content (AvgIpc) is 2.89. The Balaban J connectivity index is 2.07. The van der Waals surface area contributed by atoms with Gasteiger partial charge in [0.2, 0.25) is 0 Å². The van der Waals surface area contributed by atoms with Gasteiger partial charge in [0.25, 0.3) is 0 Å². The highest BCUT2D eigenvalue weighted by molar-refractivity contribution is 5.48. The van der Waals surface area contributed by atoms with E-state index >= 15 is 0 Å². The van der Waals surface area contributed by atoms with Crippen molar-refractivity contribution in [3.8, 4) is 5.75 Å². The zero-order valence-corrected chi connectivity index (χ0v) is 13.1. The van der Waals surface area contributed by atoms with Gasteiger partial charge < -0.3 is 9.84 Å². The van der Waals surface area contributed by atoms with E-state index in [1.807, 2.05) is 18.2 Å². The number of benzene rings is 2. The highest BCUT2D eigenvalue weighted by atomic mass is 16.5. The minimum Gasteiger partial charge on any atom is -0.493 e. The van der Waals surface area contributed by atoms with Gasteiger partial charge in [-0.25, -0.2) is 0 Å². The van der Waals surface area contributed by atoms with Crippen LogP contribution < -0.4 is 4.74 Å². The van der Waals surface area contributed by atoms with Gasteiger partial charge in [0.15, 0.2) is 0 Å². The summed E-state index contributed by atoms with van der Waals surface area (Å²) in [7, 11) is 0. The number of para-hydroxylation sites is 1. The van der Waals surface area contributed by atoms with Crippen LogP contribution in [0.15, 0.2) is 30.3 Å². The van der Waals surface area contributed by atoms with Crippen molar-refractivity contribution in [3.63, 3.8) is 0 Å². The molecule has 2 heteroatoms. The van der Waals surface area contributed by atoms with Crippen molar-refractivity contribution in [2.45, 2.75) is 39.7 Å². The Morgan fingerprint density at radius 2 is 1.67 bits per heavy atom. The molecule has 3 rings (SSSR count). The SMILES string of the molecule is Cc1cc(C)c(C)c(C(O)C2COc3ccccc32)c1C. The van der Waals surface area contributed by atoms with Crippen LogP contribution in [0.3, 0.4) is 0 Å². The first kappa shape index (κ1) is 14.2. The first-order valence-electron chi connectivity index (χ1n) is 7.47. The minimum atomic E-state index is -0.521. The quantitative estimate of drug-likeness (QED) is 0.897. The molecule has 0 amide bonds. The van der Waals surface area contributed by atoms with Gasteiger partial charge in [0, 0.05) is 5.56 Å². The van der Waals surface area contributed by atoms with Crippen LogP contribution in [0.25, 0.3) is 0 Å². The molecule has 2 aromatic carbocycles. The molecular weight excluding hydrogens is 260 g/mol. The van der Waals surface area contributed by atoms with Crippen LogP contribution in [-0.4, -0.2) is 11.7 Å². The molecule has 0 saturated heterocycles. The van der Waals surface area contributed by atoms with Crippen molar-refractivity contribution in [2.24, 2.45) is 0 Å². The molecule has 1 N–H and O–H groups in total. The fourth-order valence-corrected chi connectivity index (χ4v) is 3.34. The number of aliphatic hydroxyl groups is 1. The highest BCUT2D eigenvalue weighted by Crippen LogP contribution is 2.43. The second kappa shape index (κ2) is 5.19. The van der Waals surface area contributed by atoms with E-state index < -0.39 is 6.10 Å². The fraction of sp³-hybridized carbons (Fsp3) is 0.368. The molecule has 0 aromatic heterocycles. The maximum atomic E-state index is 11.0. The summed E-state index contributed by atoms with van der Waals surface area (Å²) in [5.41, 5.74) is 7.03. The van der Waals surface area contributed by atoms with Gasteiger partial charge in [-0.1, -0.05) is 24.3 Å². The third-order valence-electron chi connectivity index (χ3n) is 4.84. The Labute approximate surface area is 126 Å². The summed E-state index contributed by atoms with van der Waals surface area (Å²) in [4.78, 5) is 0. The number of rotatable bonds is 2. The predicted molar refractivity (Wildman–Crippen MR) is 85.0 cm³/mol. The summed E-state index contributed by atoms with van der Waals surface area (Å²) < 4.78 is 5.73. The van der Waals surface area contributed by atoms with E-state index in [1.165, 1.54) is 22.3 Å². The summed E-state index contributed by atoms with van der Waals surface area (Å²) in [5, 5.41) is 11.0. The molecule has 2 atom stereocenters. The van der Waals surface area contributed by atoms with Gasteiger partial charge in [-0.2, -0.15) is 0 Å². The molecular formula is C19H22O2. The average molecular weight is 282 g/mol. The van der Waals surface area contributed by atoms with E-state index in [0.717, 1.165) is 16.9 Å². The van der Waals surface area contributed by atoms with E-state index in [4.69, 9.17) is 4.74 Å². The Bertz CT molecular complexity index is 662. The van der Waals surface area contributed by atoms with Crippen molar-refractivity contribution in [3.05, 3.63) is 63.7 Å². The third kappa shape index (κ3) is 2.24. The van der Waals surface area contributed by atoms with E-state index in [2.05, 4.69) is 39.8 Å². The molecule has 1 aliphatic heterocycles. The largest absolute Gasteiger partial charge is 0.493 e. The molecule has 21 heavy (non-hydrogen) atoms. The van der Waals surface area contributed by atoms with Crippen molar-refractivity contribution in [1.29, 1.82) is 0 Å². The molecule has 0 spiro atoms. The molecule has 0 bridgehead atoms. The molecule has 0 aliphatic carbocycles.